The lowest BCUT2D eigenvalue weighted by atomic mass is 9.80. The molecule has 0 amide bonds. The third-order valence-electron chi connectivity index (χ3n) is 2.77. The molecule has 0 bridgehead atoms. The molecule has 1 saturated carbocycles. The van der Waals surface area contributed by atoms with E-state index in [1.807, 2.05) is 18.9 Å². The maximum Gasteiger partial charge on any atom is 0.0802 e. The molecule has 0 unspecified atom stereocenters. The van der Waals surface area contributed by atoms with E-state index in [4.69, 9.17) is 4.74 Å². The highest BCUT2D eigenvalue weighted by Gasteiger charge is 2.36. The molecule has 1 rings (SSSR count). The van der Waals surface area contributed by atoms with E-state index >= 15 is 0 Å². The first kappa shape index (κ1) is 11.3. The lowest BCUT2D eigenvalue weighted by Crippen LogP contribution is -2.48. The van der Waals surface area contributed by atoms with Gasteiger partial charge in [0.2, 0.25) is 0 Å². The molecule has 0 radical (unpaired) electrons. The maximum atomic E-state index is 5.51. The number of thioether (sulfide) groups is 1. The molecule has 0 heterocycles. The van der Waals surface area contributed by atoms with Crippen molar-refractivity contribution in [3.05, 3.63) is 0 Å². The Kier molecular flexibility index (Phi) is 5.14. The number of methoxy groups -OCH3 is 1. The standard InChI is InChI=1S/C10H21NOS/c1-3-13-8-7-11-9-10(12-2)5-4-6-10/h11H,3-9H2,1-2H3. The quantitative estimate of drug-likeness (QED) is 0.639. The summed E-state index contributed by atoms with van der Waals surface area (Å²) in [6.45, 7) is 4.35. The second-order valence-electron chi connectivity index (χ2n) is 3.61. The topological polar surface area (TPSA) is 21.3 Å². The van der Waals surface area contributed by atoms with Gasteiger partial charge in [-0.15, -0.1) is 0 Å². The Morgan fingerprint density at radius 1 is 1.46 bits per heavy atom. The number of nitrogens with one attached hydrogen (secondary N) is 1. The van der Waals surface area contributed by atoms with Gasteiger partial charge in [-0.05, 0) is 25.0 Å². The lowest BCUT2D eigenvalue weighted by molar-refractivity contribution is -0.0689. The van der Waals surface area contributed by atoms with Crippen molar-refractivity contribution in [2.24, 2.45) is 0 Å². The van der Waals surface area contributed by atoms with Gasteiger partial charge in [0.15, 0.2) is 0 Å². The first-order chi connectivity index (χ1) is 6.33. The number of rotatable bonds is 7. The Hall–Kier alpha value is 0.270. The van der Waals surface area contributed by atoms with E-state index in [-0.39, 0.29) is 5.60 Å². The second-order valence-corrected chi connectivity index (χ2v) is 5.01. The summed E-state index contributed by atoms with van der Waals surface area (Å²) in [5.74, 6) is 2.44. The number of ether oxygens (including phenoxy) is 1. The summed E-state index contributed by atoms with van der Waals surface area (Å²) in [6, 6.07) is 0. The highest BCUT2D eigenvalue weighted by Crippen LogP contribution is 2.34. The monoisotopic (exact) mass is 203 g/mol. The molecule has 1 aliphatic carbocycles. The van der Waals surface area contributed by atoms with E-state index in [1.54, 1.807) is 0 Å². The van der Waals surface area contributed by atoms with Crippen molar-refractivity contribution >= 4 is 11.8 Å². The van der Waals surface area contributed by atoms with E-state index in [0.717, 1.165) is 13.1 Å². The highest BCUT2D eigenvalue weighted by atomic mass is 32.2. The van der Waals surface area contributed by atoms with Gasteiger partial charge in [0.25, 0.3) is 0 Å². The zero-order chi connectivity index (χ0) is 9.57. The fraction of sp³-hybridized carbons (Fsp3) is 1.00. The maximum absolute atomic E-state index is 5.51. The van der Waals surface area contributed by atoms with Crippen molar-refractivity contribution in [3.8, 4) is 0 Å². The molecule has 0 aliphatic heterocycles. The average molecular weight is 203 g/mol. The third-order valence-corrected chi connectivity index (χ3v) is 3.67. The largest absolute Gasteiger partial charge is 0.377 e. The van der Waals surface area contributed by atoms with Crippen LogP contribution >= 0.6 is 11.8 Å². The number of hydrogen-bond donors (Lipinski definition) is 1. The van der Waals surface area contributed by atoms with Crippen LogP contribution in [0.3, 0.4) is 0 Å². The van der Waals surface area contributed by atoms with Crippen LogP contribution in [-0.2, 0) is 4.74 Å². The molecule has 0 aromatic carbocycles. The molecule has 0 aromatic heterocycles. The predicted octanol–water partition coefficient (Wildman–Crippen LogP) is 1.90. The Balaban J connectivity index is 1.98. The van der Waals surface area contributed by atoms with Crippen molar-refractivity contribution in [2.75, 3.05) is 31.7 Å². The SMILES string of the molecule is CCSCCNCC1(OC)CCC1. The first-order valence-corrected chi connectivity index (χ1v) is 6.32. The Morgan fingerprint density at radius 3 is 2.69 bits per heavy atom. The van der Waals surface area contributed by atoms with Crippen LogP contribution in [0, 0.1) is 0 Å². The van der Waals surface area contributed by atoms with Crippen LogP contribution in [-0.4, -0.2) is 37.3 Å². The van der Waals surface area contributed by atoms with E-state index in [2.05, 4.69) is 12.2 Å². The molecule has 78 valence electrons. The normalized spacial score (nSPS) is 19.8. The van der Waals surface area contributed by atoms with E-state index < -0.39 is 0 Å². The molecule has 1 N–H and O–H groups in total. The Labute approximate surface area is 85.8 Å². The fourth-order valence-electron chi connectivity index (χ4n) is 1.63. The smallest absolute Gasteiger partial charge is 0.0802 e. The van der Waals surface area contributed by atoms with Gasteiger partial charge in [-0.1, -0.05) is 6.92 Å². The Bertz CT molecular complexity index is 131. The molecule has 0 atom stereocenters. The van der Waals surface area contributed by atoms with Gasteiger partial charge in [0, 0.05) is 26.0 Å². The van der Waals surface area contributed by atoms with Gasteiger partial charge in [-0.25, -0.2) is 0 Å². The predicted molar refractivity (Wildman–Crippen MR) is 59.5 cm³/mol. The van der Waals surface area contributed by atoms with E-state index in [1.165, 1.54) is 30.8 Å². The van der Waals surface area contributed by atoms with Crippen LogP contribution < -0.4 is 5.32 Å². The Morgan fingerprint density at radius 2 is 2.23 bits per heavy atom. The van der Waals surface area contributed by atoms with Crippen LogP contribution in [0.5, 0.6) is 0 Å². The average Bonchev–Trinajstić information content (AvgIpc) is 2.09. The van der Waals surface area contributed by atoms with Crippen molar-refractivity contribution in [3.63, 3.8) is 0 Å². The van der Waals surface area contributed by atoms with Gasteiger partial charge in [0.1, 0.15) is 0 Å². The minimum atomic E-state index is 0.191. The molecule has 2 nitrogen and oxygen atoms in total. The molecule has 1 fully saturated rings. The molecule has 1 aliphatic rings. The molecule has 13 heavy (non-hydrogen) atoms. The second kappa shape index (κ2) is 5.89. The molecule has 0 saturated heterocycles. The zero-order valence-electron chi connectivity index (χ0n) is 8.77. The molecule has 0 aromatic rings. The molecule has 3 heteroatoms. The highest BCUT2D eigenvalue weighted by molar-refractivity contribution is 7.99. The summed E-state index contributed by atoms with van der Waals surface area (Å²) in [7, 11) is 1.83. The molecular weight excluding hydrogens is 182 g/mol. The first-order valence-electron chi connectivity index (χ1n) is 5.16. The van der Waals surface area contributed by atoms with Gasteiger partial charge in [0.05, 0.1) is 5.60 Å². The number of hydrogen-bond acceptors (Lipinski definition) is 3. The van der Waals surface area contributed by atoms with Crippen LogP contribution in [0.15, 0.2) is 0 Å². The summed E-state index contributed by atoms with van der Waals surface area (Å²) in [5.41, 5.74) is 0.191. The third kappa shape index (κ3) is 3.49. The molecular formula is C10H21NOS. The van der Waals surface area contributed by atoms with Crippen LogP contribution in [0.2, 0.25) is 0 Å². The van der Waals surface area contributed by atoms with E-state index in [0.29, 0.717) is 0 Å². The van der Waals surface area contributed by atoms with Gasteiger partial charge in [-0.3, -0.25) is 0 Å². The van der Waals surface area contributed by atoms with Crippen LogP contribution in [0.4, 0.5) is 0 Å². The lowest BCUT2D eigenvalue weighted by Gasteiger charge is -2.40. The molecule has 0 spiro atoms. The fourth-order valence-corrected chi connectivity index (χ4v) is 2.21. The minimum Gasteiger partial charge on any atom is -0.377 e. The summed E-state index contributed by atoms with van der Waals surface area (Å²) in [6.07, 6.45) is 3.80. The summed E-state index contributed by atoms with van der Waals surface area (Å²) in [5, 5.41) is 3.47. The van der Waals surface area contributed by atoms with Crippen molar-refractivity contribution < 1.29 is 4.74 Å². The van der Waals surface area contributed by atoms with Crippen molar-refractivity contribution in [1.29, 1.82) is 0 Å². The van der Waals surface area contributed by atoms with Crippen molar-refractivity contribution in [1.82, 2.24) is 5.32 Å². The zero-order valence-corrected chi connectivity index (χ0v) is 9.58. The summed E-state index contributed by atoms with van der Waals surface area (Å²) in [4.78, 5) is 0. The van der Waals surface area contributed by atoms with Gasteiger partial charge in [-0.2, -0.15) is 11.8 Å². The minimum absolute atomic E-state index is 0.191. The van der Waals surface area contributed by atoms with Crippen LogP contribution in [0.25, 0.3) is 0 Å². The van der Waals surface area contributed by atoms with Crippen LogP contribution in [0.1, 0.15) is 26.2 Å². The van der Waals surface area contributed by atoms with Gasteiger partial charge < -0.3 is 10.1 Å². The summed E-state index contributed by atoms with van der Waals surface area (Å²) < 4.78 is 5.51. The van der Waals surface area contributed by atoms with Crippen molar-refractivity contribution in [2.45, 2.75) is 31.8 Å². The summed E-state index contributed by atoms with van der Waals surface area (Å²) >= 11 is 1.99. The van der Waals surface area contributed by atoms with Gasteiger partial charge >= 0.3 is 0 Å². The van der Waals surface area contributed by atoms with E-state index in [9.17, 15) is 0 Å².